The van der Waals surface area contributed by atoms with Gasteiger partial charge in [-0.05, 0) is 30.3 Å². The molecule has 1 N–H and O–H groups in total. The van der Waals surface area contributed by atoms with Gasteiger partial charge in [-0.15, -0.1) is 0 Å². The molecule has 0 spiro atoms. The maximum Gasteiger partial charge on any atom is 0.251 e. The van der Waals surface area contributed by atoms with Crippen molar-refractivity contribution in [1.82, 2.24) is 10.3 Å². The summed E-state index contributed by atoms with van der Waals surface area (Å²) in [6.45, 7) is 0.291. The van der Waals surface area contributed by atoms with E-state index in [-0.39, 0.29) is 5.91 Å². The fraction of sp³-hybridized carbons (Fsp3) is 0.200. The molecule has 7 heteroatoms. The van der Waals surface area contributed by atoms with Gasteiger partial charge in [0.15, 0.2) is 17.3 Å². The third kappa shape index (κ3) is 3.87. The quantitative estimate of drug-likeness (QED) is 0.689. The average Bonchev–Trinajstić information content (AvgIpc) is 3.25. The maximum absolute atomic E-state index is 12.6. The molecule has 0 aliphatic rings. The molecule has 0 aliphatic carbocycles. The van der Waals surface area contributed by atoms with Crippen LogP contribution < -0.4 is 19.5 Å². The highest BCUT2D eigenvalue weighted by Crippen LogP contribution is 2.38. The van der Waals surface area contributed by atoms with E-state index < -0.39 is 0 Å². The van der Waals surface area contributed by atoms with Gasteiger partial charge in [0.1, 0.15) is 5.69 Å². The van der Waals surface area contributed by atoms with E-state index in [1.165, 1.54) is 21.3 Å². The number of rotatable bonds is 7. The monoisotopic (exact) mass is 368 g/mol. The van der Waals surface area contributed by atoms with Crippen LogP contribution >= 0.6 is 0 Å². The van der Waals surface area contributed by atoms with Gasteiger partial charge in [-0.25, -0.2) is 0 Å². The van der Waals surface area contributed by atoms with Crippen LogP contribution in [0.3, 0.4) is 0 Å². The number of nitrogens with one attached hydrogen (secondary N) is 1. The number of aromatic nitrogens is 1. The molecule has 27 heavy (non-hydrogen) atoms. The first kappa shape index (κ1) is 18.3. The first-order chi connectivity index (χ1) is 13.2. The van der Waals surface area contributed by atoms with Crippen molar-refractivity contribution in [2.75, 3.05) is 21.3 Å². The second kappa shape index (κ2) is 8.27. The summed E-state index contributed by atoms with van der Waals surface area (Å²) in [5, 5.41) is 2.89. The van der Waals surface area contributed by atoms with Crippen LogP contribution in [-0.4, -0.2) is 32.2 Å². The van der Waals surface area contributed by atoms with Crippen LogP contribution in [0, 0.1) is 0 Å². The Balaban J connectivity index is 1.81. The largest absolute Gasteiger partial charge is 0.493 e. The Hall–Kier alpha value is -3.48. The molecule has 2 heterocycles. The number of carbonyl (C=O) groups is 1. The Bertz CT molecular complexity index is 897. The lowest BCUT2D eigenvalue weighted by atomic mass is 10.1. The normalized spacial score (nSPS) is 10.3. The molecule has 0 radical (unpaired) electrons. The van der Waals surface area contributed by atoms with E-state index in [9.17, 15) is 4.79 Å². The van der Waals surface area contributed by atoms with Gasteiger partial charge in [-0.2, -0.15) is 0 Å². The summed E-state index contributed by atoms with van der Waals surface area (Å²) in [6, 6.07) is 10.5. The molecule has 2 aromatic heterocycles. The highest BCUT2D eigenvalue weighted by molar-refractivity contribution is 5.95. The maximum atomic E-state index is 12.6. The van der Waals surface area contributed by atoms with Crippen LogP contribution in [0.25, 0.3) is 11.5 Å². The fourth-order valence-corrected chi connectivity index (χ4v) is 2.71. The highest BCUT2D eigenvalue weighted by Gasteiger charge is 2.17. The minimum absolute atomic E-state index is 0.275. The van der Waals surface area contributed by atoms with Gasteiger partial charge in [0.25, 0.3) is 5.91 Å². The predicted octanol–water partition coefficient (Wildman–Crippen LogP) is 3.30. The molecular formula is C20H20N2O5. The van der Waals surface area contributed by atoms with Crippen molar-refractivity contribution in [3.63, 3.8) is 0 Å². The summed E-state index contributed by atoms with van der Waals surface area (Å²) in [5.74, 6) is 1.64. The van der Waals surface area contributed by atoms with Gasteiger partial charge in [0.05, 0.1) is 27.6 Å². The van der Waals surface area contributed by atoms with Crippen molar-refractivity contribution in [2.24, 2.45) is 0 Å². The van der Waals surface area contributed by atoms with Crippen LogP contribution in [-0.2, 0) is 6.54 Å². The average molecular weight is 368 g/mol. The summed E-state index contributed by atoms with van der Waals surface area (Å²) >= 11 is 0. The SMILES string of the molecule is COc1cc(C(=O)NCc2cccnc2-c2ccco2)cc(OC)c1OC. The molecule has 0 saturated carbocycles. The van der Waals surface area contributed by atoms with Crippen molar-refractivity contribution in [1.29, 1.82) is 0 Å². The van der Waals surface area contributed by atoms with Crippen molar-refractivity contribution in [3.8, 4) is 28.7 Å². The molecule has 0 saturated heterocycles. The Morgan fingerprint density at radius 2 is 1.81 bits per heavy atom. The third-order valence-electron chi connectivity index (χ3n) is 4.01. The number of nitrogens with zero attached hydrogens (tertiary/aromatic N) is 1. The molecule has 0 aliphatic heterocycles. The highest BCUT2D eigenvalue weighted by atomic mass is 16.5. The summed E-state index contributed by atoms with van der Waals surface area (Å²) in [5.41, 5.74) is 1.92. The van der Waals surface area contributed by atoms with Crippen LogP contribution in [0.15, 0.2) is 53.3 Å². The molecule has 0 unspecified atom stereocenters. The second-order valence-corrected chi connectivity index (χ2v) is 5.59. The van der Waals surface area contributed by atoms with E-state index in [2.05, 4.69) is 10.3 Å². The lowest BCUT2D eigenvalue weighted by Gasteiger charge is -2.14. The number of benzene rings is 1. The Morgan fingerprint density at radius 1 is 1.07 bits per heavy atom. The van der Waals surface area contributed by atoms with Gasteiger partial charge < -0.3 is 23.9 Å². The van der Waals surface area contributed by atoms with E-state index in [1.54, 1.807) is 30.7 Å². The van der Waals surface area contributed by atoms with Crippen LogP contribution in [0.2, 0.25) is 0 Å². The summed E-state index contributed by atoms with van der Waals surface area (Å²) in [7, 11) is 4.52. The number of methoxy groups -OCH3 is 3. The standard InChI is InChI=1S/C20H20N2O5/c1-24-16-10-14(11-17(25-2)19(16)26-3)20(23)22-12-13-6-4-8-21-18(13)15-7-5-9-27-15/h4-11H,12H2,1-3H3,(H,22,23). The third-order valence-corrected chi connectivity index (χ3v) is 4.01. The van der Waals surface area contributed by atoms with Gasteiger partial charge in [-0.3, -0.25) is 9.78 Å². The predicted molar refractivity (Wildman–Crippen MR) is 99.2 cm³/mol. The van der Waals surface area contributed by atoms with E-state index in [4.69, 9.17) is 18.6 Å². The smallest absolute Gasteiger partial charge is 0.251 e. The number of carbonyl (C=O) groups excluding carboxylic acids is 1. The van der Waals surface area contributed by atoms with E-state index in [0.717, 1.165) is 5.56 Å². The molecular weight excluding hydrogens is 348 g/mol. The summed E-state index contributed by atoms with van der Waals surface area (Å²) in [6.07, 6.45) is 3.27. The number of furan rings is 1. The molecule has 0 fully saturated rings. The zero-order valence-corrected chi connectivity index (χ0v) is 15.3. The Labute approximate surface area is 156 Å². The number of ether oxygens (including phenoxy) is 3. The number of hydrogen-bond donors (Lipinski definition) is 1. The molecule has 1 amide bonds. The topological polar surface area (TPSA) is 82.8 Å². The molecule has 1 aromatic carbocycles. The molecule has 3 rings (SSSR count). The van der Waals surface area contributed by atoms with Crippen molar-refractivity contribution < 1.29 is 23.4 Å². The van der Waals surface area contributed by atoms with Crippen LogP contribution in [0.5, 0.6) is 17.2 Å². The number of hydrogen-bond acceptors (Lipinski definition) is 6. The summed E-state index contributed by atoms with van der Waals surface area (Å²) < 4.78 is 21.3. The fourth-order valence-electron chi connectivity index (χ4n) is 2.71. The first-order valence-electron chi connectivity index (χ1n) is 8.24. The van der Waals surface area contributed by atoms with Gasteiger partial charge >= 0.3 is 0 Å². The van der Waals surface area contributed by atoms with Gasteiger partial charge in [-0.1, -0.05) is 6.07 Å². The zero-order chi connectivity index (χ0) is 19.2. The zero-order valence-electron chi connectivity index (χ0n) is 15.3. The van der Waals surface area contributed by atoms with E-state index >= 15 is 0 Å². The molecule has 140 valence electrons. The first-order valence-corrected chi connectivity index (χ1v) is 8.24. The minimum Gasteiger partial charge on any atom is -0.493 e. The van der Waals surface area contributed by atoms with Crippen molar-refractivity contribution in [3.05, 3.63) is 60.0 Å². The second-order valence-electron chi connectivity index (χ2n) is 5.59. The van der Waals surface area contributed by atoms with E-state index in [1.807, 2.05) is 18.2 Å². The Morgan fingerprint density at radius 3 is 2.41 bits per heavy atom. The number of amides is 1. The lowest BCUT2D eigenvalue weighted by Crippen LogP contribution is -2.23. The Kier molecular flexibility index (Phi) is 5.61. The number of pyridine rings is 1. The molecule has 0 atom stereocenters. The van der Waals surface area contributed by atoms with Crippen LogP contribution in [0.4, 0.5) is 0 Å². The van der Waals surface area contributed by atoms with Gasteiger partial charge in [0, 0.05) is 23.9 Å². The lowest BCUT2D eigenvalue weighted by molar-refractivity contribution is 0.0950. The van der Waals surface area contributed by atoms with Crippen LogP contribution in [0.1, 0.15) is 15.9 Å². The van der Waals surface area contributed by atoms with E-state index in [0.29, 0.717) is 40.8 Å². The molecule has 7 nitrogen and oxygen atoms in total. The molecule has 0 bridgehead atoms. The molecule has 3 aromatic rings. The van der Waals surface area contributed by atoms with Gasteiger partial charge in [0.2, 0.25) is 5.75 Å². The van der Waals surface area contributed by atoms with Crippen molar-refractivity contribution in [2.45, 2.75) is 6.54 Å². The summed E-state index contributed by atoms with van der Waals surface area (Å²) in [4.78, 5) is 17.0. The minimum atomic E-state index is -0.275. The van der Waals surface area contributed by atoms with Crippen molar-refractivity contribution >= 4 is 5.91 Å².